The smallest absolute Gasteiger partial charge is 0.269 e. The topological polar surface area (TPSA) is 51.0 Å². The Hall–Kier alpha value is -1.69. The average Bonchev–Trinajstić information content (AvgIpc) is 2.97. The van der Waals surface area contributed by atoms with Crippen molar-refractivity contribution >= 4 is 22.9 Å². The molecule has 0 N–H and O–H groups in total. The molecule has 0 unspecified atom stereocenters. The maximum absolute atomic E-state index is 12.2. The highest BCUT2D eigenvalue weighted by Gasteiger charge is 2.17. The second-order valence-corrected chi connectivity index (χ2v) is 5.22. The van der Waals surface area contributed by atoms with Gasteiger partial charge in [-0.25, -0.2) is 4.98 Å². The summed E-state index contributed by atoms with van der Waals surface area (Å²) < 4.78 is 1.67. The van der Waals surface area contributed by atoms with E-state index in [1.807, 2.05) is 13.2 Å². The van der Waals surface area contributed by atoms with Crippen LogP contribution in [0.2, 0.25) is 0 Å². The van der Waals surface area contributed by atoms with E-state index in [9.17, 15) is 4.79 Å². The lowest BCUT2D eigenvalue weighted by Crippen LogP contribution is -2.24. The summed E-state index contributed by atoms with van der Waals surface area (Å²) in [5.41, 5.74) is 0.785. The zero-order valence-corrected chi connectivity index (χ0v) is 11.6. The Balaban J connectivity index is 2.14. The Morgan fingerprint density at radius 3 is 2.89 bits per heavy atom. The van der Waals surface area contributed by atoms with E-state index in [-0.39, 0.29) is 5.91 Å². The van der Waals surface area contributed by atoms with Crippen molar-refractivity contribution in [1.82, 2.24) is 14.8 Å². The Morgan fingerprint density at radius 1 is 1.50 bits per heavy atom. The fraction of sp³-hybridized carbons (Fsp3) is 0.417. The third-order valence-electron chi connectivity index (χ3n) is 2.61. The van der Waals surface area contributed by atoms with E-state index in [0.29, 0.717) is 4.88 Å². The molecular weight excluding hydrogens is 248 g/mol. The van der Waals surface area contributed by atoms with Crippen LogP contribution >= 0.6 is 11.3 Å². The van der Waals surface area contributed by atoms with Gasteiger partial charge in [0.2, 0.25) is 0 Å². The lowest BCUT2D eigenvalue weighted by atomic mass is 10.4. The molecule has 0 aliphatic rings. The van der Waals surface area contributed by atoms with Gasteiger partial charge in [-0.05, 0) is 12.8 Å². The van der Waals surface area contributed by atoms with Crippen molar-refractivity contribution in [3.05, 3.63) is 28.5 Å². The standard InChI is InChI=1S/C12H16N4OS/c1-4-5-11-13-7-10(18-11)12(17)16(3)9-6-14-15(2)8-9/h6-8H,4-5H2,1-3H3. The lowest BCUT2D eigenvalue weighted by Gasteiger charge is -2.12. The van der Waals surface area contributed by atoms with Crippen LogP contribution in [0.25, 0.3) is 0 Å². The molecule has 0 bridgehead atoms. The molecule has 96 valence electrons. The van der Waals surface area contributed by atoms with Gasteiger partial charge in [0.1, 0.15) is 4.88 Å². The molecule has 0 spiro atoms. The summed E-state index contributed by atoms with van der Waals surface area (Å²) in [6.45, 7) is 2.10. The molecule has 0 fully saturated rings. The number of aromatic nitrogens is 3. The SMILES string of the molecule is CCCc1ncc(C(=O)N(C)c2cnn(C)c2)s1. The number of hydrogen-bond donors (Lipinski definition) is 0. The van der Waals surface area contributed by atoms with Crippen LogP contribution in [-0.4, -0.2) is 27.7 Å². The maximum atomic E-state index is 12.2. The number of aryl methyl sites for hydroxylation is 2. The van der Waals surface area contributed by atoms with E-state index in [1.54, 1.807) is 29.0 Å². The van der Waals surface area contributed by atoms with Gasteiger partial charge in [0, 0.05) is 20.3 Å². The van der Waals surface area contributed by atoms with Gasteiger partial charge >= 0.3 is 0 Å². The molecule has 0 saturated heterocycles. The summed E-state index contributed by atoms with van der Waals surface area (Å²) in [7, 11) is 3.58. The van der Waals surface area contributed by atoms with Crippen LogP contribution in [0.1, 0.15) is 28.0 Å². The van der Waals surface area contributed by atoms with Crippen LogP contribution in [-0.2, 0) is 13.5 Å². The fourth-order valence-corrected chi connectivity index (χ4v) is 2.60. The summed E-state index contributed by atoms with van der Waals surface area (Å²) in [6, 6.07) is 0. The van der Waals surface area contributed by atoms with Crippen LogP contribution in [0.15, 0.2) is 18.6 Å². The number of carbonyl (C=O) groups is 1. The van der Waals surface area contributed by atoms with E-state index >= 15 is 0 Å². The predicted molar refractivity (Wildman–Crippen MR) is 72.1 cm³/mol. The Labute approximate surface area is 110 Å². The Morgan fingerprint density at radius 2 is 2.28 bits per heavy atom. The van der Waals surface area contributed by atoms with E-state index in [0.717, 1.165) is 23.5 Å². The lowest BCUT2D eigenvalue weighted by molar-refractivity contribution is 0.0996. The Kier molecular flexibility index (Phi) is 3.76. The summed E-state index contributed by atoms with van der Waals surface area (Å²) in [6.07, 6.45) is 7.11. The quantitative estimate of drug-likeness (QED) is 0.849. The van der Waals surface area contributed by atoms with Crippen molar-refractivity contribution < 1.29 is 4.79 Å². The zero-order valence-electron chi connectivity index (χ0n) is 10.8. The van der Waals surface area contributed by atoms with Gasteiger partial charge in [0.25, 0.3) is 5.91 Å². The first-order valence-corrected chi connectivity index (χ1v) is 6.65. The second kappa shape index (κ2) is 5.30. The van der Waals surface area contributed by atoms with Crippen molar-refractivity contribution in [1.29, 1.82) is 0 Å². The molecule has 0 radical (unpaired) electrons. The van der Waals surface area contributed by atoms with E-state index < -0.39 is 0 Å². The van der Waals surface area contributed by atoms with Crippen LogP contribution in [0.3, 0.4) is 0 Å². The minimum Gasteiger partial charge on any atom is -0.308 e. The maximum Gasteiger partial charge on any atom is 0.269 e. The van der Waals surface area contributed by atoms with Crippen molar-refractivity contribution in [3.8, 4) is 0 Å². The van der Waals surface area contributed by atoms with E-state index in [1.165, 1.54) is 11.3 Å². The second-order valence-electron chi connectivity index (χ2n) is 4.10. The number of thiazole rings is 1. The molecule has 6 heteroatoms. The van der Waals surface area contributed by atoms with Gasteiger partial charge in [-0.2, -0.15) is 5.10 Å². The van der Waals surface area contributed by atoms with Gasteiger partial charge in [-0.3, -0.25) is 9.48 Å². The molecule has 2 aromatic rings. The first kappa shape index (κ1) is 12.8. The summed E-state index contributed by atoms with van der Waals surface area (Å²) in [4.78, 5) is 18.8. The van der Waals surface area contributed by atoms with Crippen LogP contribution in [0.4, 0.5) is 5.69 Å². The summed E-state index contributed by atoms with van der Waals surface area (Å²) in [5, 5.41) is 5.07. The predicted octanol–water partition coefficient (Wildman–Crippen LogP) is 2.11. The van der Waals surface area contributed by atoms with Gasteiger partial charge < -0.3 is 4.90 Å². The monoisotopic (exact) mass is 264 g/mol. The molecule has 5 nitrogen and oxygen atoms in total. The third kappa shape index (κ3) is 2.59. The Bertz CT molecular complexity index is 546. The normalized spacial score (nSPS) is 10.6. The number of hydrogen-bond acceptors (Lipinski definition) is 4. The number of amides is 1. The van der Waals surface area contributed by atoms with Gasteiger partial charge in [0.15, 0.2) is 0 Å². The molecule has 18 heavy (non-hydrogen) atoms. The van der Waals surface area contributed by atoms with Crippen molar-refractivity contribution in [2.45, 2.75) is 19.8 Å². The summed E-state index contributed by atoms with van der Waals surface area (Å²) >= 11 is 1.47. The molecule has 2 rings (SSSR count). The van der Waals surface area contributed by atoms with E-state index in [2.05, 4.69) is 17.0 Å². The number of anilines is 1. The van der Waals surface area contributed by atoms with Crippen molar-refractivity contribution in [3.63, 3.8) is 0 Å². The highest BCUT2D eigenvalue weighted by Crippen LogP contribution is 2.19. The highest BCUT2D eigenvalue weighted by atomic mass is 32.1. The molecule has 0 aliphatic heterocycles. The van der Waals surface area contributed by atoms with Crippen molar-refractivity contribution in [2.24, 2.45) is 7.05 Å². The molecule has 0 aromatic carbocycles. The minimum absolute atomic E-state index is 0.0390. The van der Waals surface area contributed by atoms with Gasteiger partial charge in [-0.1, -0.05) is 6.92 Å². The molecular formula is C12H16N4OS. The molecule has 2 heterocycles. The molecule has 2 aromatic heterocycles. The fourth-order valence-electron chi connectivity index (χ4n) is 1.60. The first-order chi connectivity index (χ1) is 8.61. The minimum atomic E-state index is -0.0390. The van der Waals surface area contributed by atoms with Crippen molar-refractivity contribution in [2.75, 3.05) is 11.9 Å². The van der Waals surface area contributed by atoms with E-state index in [4.69, 9.17) is 0 Å². The van der Waals surface area contributed by atoms with Gasteiger partial charge in [0.05, 0.1) is 23.1 Å². The number of carbonyl (C=O) groups excluding carboxylic acids is 1. The third-order valence-corrected chi connectivity index (χ3v) is 3.66. The van der Waals surface area contributed by atoms with Crippen LogP contribution in [0, 0.1) is 0 Å². The first-order valence-electron chi connectivity index (χ1n) is 5.83. The molecule has 0 saturated carbocycles. The van der Waals surface area contributed by atoms with Gasteiger partial charge in [-0.15, -0.1) is 11.3 Å². The molecule has 0 atom stereocenters. The number of nitrogens with zero attached hydrogens (tertiary/aromatic N) is 4. The van der Waals surface area contributed by atoms with Crippen LogP contribution < -0.4 is 4.90 Å². The largest absolute Gasteiger partial charge is 0.308 e. The summed E-state index contributed by atoms with van der Waals surface area (Å²) in [5.74, 6) is -0.0390. The molecule has 0 aliphatic carbocycles. The number of rotatable bonds is 4. The highest BCUT2D eigenvalue weighted by molar-refractivity contribution is 7.13. The zero-order chi connectivity index (χ0) is 13.1. The van der Waals surface area contributed by atoms with Crippen LogP contribution in [0.5, 0.6) is 0 Å². The average molecular weight is 264 g/mol. The molecule has 1 amide bonds.